The van der Waals surface area contributed by atoms with E-state index >= 15 is 0 Å². The first-order valence-electron chi connectivity index (χ1n) is 8.50. The van der Waals surface area contributed by atoms with Crippen molar-refractivity contribution in [2.45, 2.75) is 16.7 Å². The summed E-state index contributed by atoms with van der Waals surface area (Å²) in [6, 6.07) is 11.2. The minimum absolute atomic E-state index is 0.187. The van der Waals surface area contributed by atoms with Crippen molar-refractivity contribution in [1.82, 2.24) is 15.0 Å². The van der Waals surface area contributed by atoms with Gasteiger partial charge in [0.1, 0.15) is 6.33 Å². The van der Waals surface area contributed by atoms with Crippen LogP contribution in [0.5, 0.6) is 0 Å². The molecule has 0 amide bonds. The van der Waals surface area contributed by atoms with Crippen LogP contribution < -0.4 is 11.5 Å². The first-order chi connectivity index (χ1) is 13.4. The van der Waals surface area contributed by atoms with E-state index in [0.717, 1.165) is 22.2 Å². The molecular formula is C20H17Cl2N5O. The number of rotatable bonds is 4. The van der Waals surface area contributed by atoms with E-state index in [0.29, 0.717) is 5.57 Å². The highest BCUT2D eigenvalue weighted by Crippen LogP contribution is 2.42. The number of benzene rings is 1. The standard InChI is InChI=1S/C20H17Cl2N5O/c21-19(22)8-16(13-4-5-17-14(7-13)10-25-12-27-17)20(24,9-18(19)23)28-11-15-3-1-2-6-26-15/h1-10,12H,11,23-24H2. The molecule has 2 heterocycles. The van der Waals surface area contributed by atoms with Crippen LogP contribution in [0.25, 0.3) is 16.5 Å². The Hall–Kier alpha value is -2.51. The lowest BCUT2D eigenvalue weighted by Gasteiger charge is -2.36. The lowest BCUT2D eigenvalue weighted by molar-refractivity contribution is 0.0235. The van der Waals surface area contributed by atoms with Gasteiger partial charge in [-0.15, -0.1) is 0 Å². The molecule has 0 aliphatic heterocycles. The number of pyridine rings is 1. The van der Waals surface area contributed by atoms with E-state index in [1.54, 1.807) is 18.5 Å². The Morgan fingerprint density at radius 2 is 1.93 bits per heavy atom. The minimum atomic E-state index is -1.39. The molecule has 1 aliphatic rings. The second-order valence-corrected chi connectivity index (χ2v) is 7.87. The van der Waals surface area contributed by atoms with Crippen LogP contribution in [-0.2, 0) is 11.3 Å². The predicted molar refractivity (Wildman–Crippen MR) is 110 cm³/mol. The van der Waals surface area contributed by atoms with Gasteiger partial charge in [-0.2, -0.15) is 0 Å². The summed E-state index contributed by atoms with van der Waals surface area (Å²) in [5, 5.41) is 0.852. The Morgan fingerprint density at radius 1 is 1.07 bits per heavy atom. The number of nitrogens with zero attached hydrogens (tertiary/aromatic N) is 3. The van der Waals surface area contributed by atoms with E-state index in [9.17, 15) is 0 Å². The lowest BCUT2D eigenvalue weighted by atomic mass is 9.88. The molecule has 0 radical (unpaired) electrons. The summed E-state index contributed by atoms with van der Waals surface area (Å²) >= 11 is 12.8. The highest BCUT2D eigenvalue weighted by atomic mass is 35.5. The average Bonchev–Trinajstić information content (AvgIpc) is 2.70. The molecule has 0 bridgehead atoms. The van der Waals surface area contributed by atoms with E-state index in [-0.39, 0.29) is 12.3 Å². The average molecular weight is 414 g/mol. The highest BCUT2D eigenvalue weighted by molar-refractivity contribution is 6.52. The van der Waals surface area contributed by atoms with E-state index in [1.807, 2.05) is 36.4 Å². The van der Waals surface area contributed by atoms with Gasteiger partial charge in [-0.1, -0.05) is 35.3 Å². The molecule has 0 saturated heterocycles. The van der Waals surface area contributed by atoms with Crippen LogP contribution in [0, 0.1) is 0 Å². The smallest absolute Gasteiger partial charge is 0.175 e. The summed E-state index contributed by atoms with van der Waals surface area (Å²) in [7, 11) is 0. The van der Waals surface area contributed by atoms with Gasteiger partial charge in [0.2, 0.25) is 0 Å². The second kappa shape index (κ2) is 7.14. The molecular weight excluding hydrogens is 397 g/mol. The number of halogens is 2. The first kappa shape index (κ1) is 18.8. The summed E-state index contributed by atoms with van der Waals surface area (Å²) < 4.78 is 4.65. The molecule has 0 saturated carbocycles. The van der Waals surface area contributed by atoms with Crippen LogP contribution in [-0.4, -0.2) is 25.0 Å². The van der Waals surface area contributed by atoms with Crippen molar-refractivity contribution in [3.8, 4) is 0 Å². The Morgan fingerprint density at radius 3 is 2.71 bits per heavy atom. The van der Waals surface area contributed by atoms with E-state index in [2.05, 4.69) is 15.0 Å². The Balaban J connectivity index is 1.75. The van der Waals surface area contributed by atoms with E-state index in [1.165, 1.54) is 12.4 Å². The van der Waals surface area contributed by atoms with Crippen molar-refractivity contribution in [1.29, 1.82) is 0 Å². The quantitative estimate of drug-likeness (QED) is 0.502. The van der Waals surface area contributed by atoms with Gasteiger partial charge in [-0.25, -0.2) is 9.97 Å². The number of allylic oxidation sites excluding steroid dienone is 1. The van der Waals surface area contributed by atoms with Crippen LogP contribution in [0.2, 0.25) is 0 Å². The van der Waals surface area contributed by atoms with Crippen molar-refractivity contribution >= 4 is 39.7 Å². The maximum atomic E-state index is 6.62. The largest absolute Gasteiger partial charge is 0.399 e. The number of hydrogen-bond donors (Lipinski definition) is 2. The van der Waals surface area contributed by atoms with Crippen LogP contribution >= 0.6 is 23.2 Å². The van der Waals surface area contributed by atoms with Gasteiger partial charge >= 0.3 is 0 Å². The number of fused-ring (bicyclic) bond motifs is 1. The third-order valence-corrected chi connectivity index (χ3v) is 5.16. The number of nitrogens with two attached hydrogens (primary N) is 2. The molecule has 0 fully saturated rings. The fraction of sp³-hybridized carbons (Fsp3) is 0.150. The fourth-order valence-electron chi connectivity index (χ4n) is 3.04. The summed E-state index contributed by atoms with van der Waals surface area (Å²) in [4.78, 5) is 12.6. The summed E-state index contributed by atoms with van der Waals surface area (Å²) in [5.74, 6) is 0. The minimum Gasteiger partial charge on any atom is -0.399 e. The monoisotopic (exact) mass is 413 g/mol. The molecule has 0 spiro atoms. The lowest BCUT2D eigenvalue weighted by Crippen LogP contribution is -2.47. The van der Waals surface area contributed by atoms with Gasteiger partial charge in [0, 0.05) is 29.1 Å². The Kier molecular flexibility index (Phi) is 4.81. The molecule has 28 heavy (non-hydrogen) atoms. The maximum Gasteiger partial charge on any atom is 0.175 e. The van der Waals surface area contributed by atoms with Gasteiger partial charge in [-0.3, -0.25) is 10.7 Å². The Bertz CT molecular complexity index is 1080. The first-order valence-corrected chi connectivity index (χ1v) is 9.26. The molecule has 4 N–H and O–H groups in total. The number of alkyl halides is 2. The van der Waals surface area contributed by atoms with Crippen LogP contribution in [0.15, 0.2) is 73.0 Å². The highest BCUT2D eigenvalue weighted by Gasteiger charge is 2.41. The molecule has 3 aromatic rings. The molecule has 6 nitrogen and oxygen atoms in total. The molecule has 142 valence electrons. The maximum absolute atomic E-state index is 6.62. The SMILES string of the molecule is NC1=CC(N)(OCc2ccccn2)C(c2ccc3ncncc3c2)=CC1(Cl)Cl. The van der Waals surface area contributed by atoms with Crippen molar-refractivity contribution in [2.75, 3.05) is 0 Å². The van der Waals surface area contributed by atoms with Gasteiger partial charge in [0.25, 0.3) is 0 Å². The van der Waals surface area contributed by atoms with E-state index in [4.69, 9.17) is 39.4 Å². The predicted octanol–water partition coefficient (Wildman–Crippen LogP) is 3.31. The second-order valence-electron chi connectivity index (χ2n) is 6.48. The molecule has 4 rings (SSSR count). The van der Waals surface area contributed by atoms with Gasteiger partial charge in [0.05, 0.1) is 17.8 Å². The van der Waals surface area contributed by atoms with Crippen molar-refractivity contribution in [2.24, 2.45) is 11.5 Å². The molecule has 1 aliphatic carbocycles. The topological polar surface area (TPSA) is 99.9 Å². The van der Waals surface area contributed by atoms with Crippen molar-refractivity contribution in [3.05, 3.63) is 84.2 Å². The van der Waals surface area contributed by atoms with Crippen LogP contribution in [0.3, 0.4) is 0 Å². The van der Waals surface area contributed by atoms with Crippen molar-refractivity contribution in [3.63, 3.8) is 0 Å². The van der Waals surface area contributed by atoms with Crippen LogP contribution in [0.1, 0.15) is 11.3 Å². The number of hydrogen-bond acceptors (Lipinski definition) is 6. The number of aromatic nitrogens is 3. The number of ether oxygens (including phenoxy) is 1. The van der Waals surface area contributed by atoms with Gasteiger partial charge in [-0.05, 0) is 42.0 Å². The summed E-state index contributed by atoms with van der Waals surface area (Å²) in [5.41, 5.74) is 14.4. The summed E-state index contributed by atoms with van der Waals surface area (Å²) in [6.07, 6.45) is 8.06. The third-order valence-electron chi connectivity index (χ3n) is 4.50. The summed E-state index contributed by atoms with van der Waals surface area (Å²) in [6.45, 7) is 0.187. The van der Waals surface area contributed by atoms with Crippen molar-refractivity contribution < 1.29 is 4.74 Å². The van der Waals surface area contributed by atoms with Crippen LogP contribution in [0.4, 0.5) is 0 Å². The fourth-order valence-corrected chi connectivity index (χ4v) is 3.37. The molecule has 1 aromatic carbocycles. The zero-order valence-corrected chi connectivity index (χ0v) is 16.2. The molecule has 2 aromatic heterocycles. The van der Waals surface area contributed by atoms with Gasteiger partial charge in [0.15, 0.2) is 10.1 Å². The molecule has 1 atom stereocenters. The zero-order chi connectivity index (χ0) is 19.8. The van der Waals surface area contributed by atoms with Gasteiger partial charge < -0.3 is 10.5 Å². The molecule has 8 heteroatoms. The normalized spacial score (nSPS) is 21.2. The third kappa shape index (κ3) is 3.59. The Labute approximate surface area is 171 Å². The van der Waals surface area contributed by atoms with E-state index < -0.39 is 10.1 Å². The zero-order valence-electron chi connectivity index (χ0n) is 14.7. The molecule has 1 unspecified atom stereocenters.